The number of nitrogens with zero attached hydrogens (tertiary/aromatic N) is 1. The first-order valence-corrected chi connectivity index (χ1v) is 10.4. The lowest BCUT2D eigenvalue weighted by atomic mass is 10.1. The first-order chi connectivity index (χ1) is 15.5. The van der Waals surface area contributed by atoms with Crippen LogP contribution in [-0.4, -0.2) is 38.1 Å². The van der Waals surface area contributed by atoms with Crippen LogP contribution in [0.25, 0.3) is 0 Å². The Balaban J connectivity index is 1.47. The van der Waals surface area contributed by atoms with Crippen molar-refractivity contribution in [3.05, 3.63) is 89.2 Å². The van der Waals surface area contributed by atoms with Gasteiger partial charge in [0.2, 0.25) is 0 Å². The van der Waals surface area contributed by atoms with Crippen LogP contribution in [0.3, 0.4) is 0 Å². The van der Waals surface area contributed by atoms with Crippen LogP contribution in [0.5, 0.6) is 0 Å². The molecule has 1 aliphatic rings. The second kappa shape index (κ2) is 9.62. The van der Waals surface area contributed by atoms with E-state index in [1.54, 1.807) is 54.6 Å². The predicted octanol–water partition coefficient (Wildman–Crippen LogP) is 4.48. The third-order valence-corrected chi connectivity index (χ3v) is 5.34. The highest BCUT2D eigenvalue weighted by atomic mass is 19.1. The molecule has 7 heteroatoms. The van der Waals surface area contributed by atoms with Gasteiger partial charge in [0.15, 0.2) is 0 Å². The molecule has 3 aromatic carbocycles. The highest BCUT2D eigenvalue weighted by Crippen LogP contribution is 2.25. The monoisotopic (exact) mass is 433 g/mol. The Morgan fingerprint density at radius 3 is 2.31 bits per heavy atom. The average Bonchev–Trinajstić information content (AvgIpc) is 2.81. The average molecular weight is 433 g/mol. The summed E-state index contributed by atoms with van der Waals surface area (Å²) < 4.78 is 19.9. The zero-order valence-corrected chi connectivity index (χ0v) is 17.7. The molecular formula is C25H24FN3O3. The van der Waals surface area contributed by atoms with Crippen LogP contribution in [0.1, 0.15) is 26.3 Å². The third-order valence-electron chi connectivity index (χ3n) is 5.34. The van der Waals surface area contributed by atoms with E-state index < -0.39 is 11.7 Å². The van der Waals surface area contributed by atoms with Crippen molar-refractivity contribution in [2.75, 3.05) is 41.8 Å². The SMILES string of the molecule is Cc1ccc(C(=O)Nc2ccc(N3CCOCC3)c(F)c2)cc1NC(=O)c1ccccc1. The van der Waals surface area contributed by atoms with Crippen molar-refractivity contribution in [3.63, 3.8) is 0 Å². The fourth-order valence-corrected chi connectivity index (χ4v) is 3.53. The van der Waals surface area contributed by atoms with Gasteiger partial charge in [-0.3, -0.25) is 9.59 Å². The van der Waals surface area contributed by atoms with E-state index in [0.29, 0.717) is 54.5 Å². The van der Waals surface area contributed by atoms with Gasteiger partial charge in [0, 0.05) is 35.6 Å². The maximum absolute atomic E-state index is 14.6. The first-order valence-electron chi connectivity index (χ1n) is 10.4. The number of ether oxygens (including phenoxy) is 1. The van der Waals surface area contributed by atoms with Crippen molar-refractivity contribution in [1.29, 1.82) is 0 Å². The van der Waals surface area contributed by atoms with Crippen LogP contribution in [0.15, 0.2) is 66.7 Å². The quantitative estimate of drug-likeness (QED) is 0.623. The number of rotatable bonds is 5. The number of carbonyl (C=O) groups excluding carboxylic acids is 2. The van der Waals surface area contributed by atoms with Gasteiger partial charge in [0.1, 0.15) is 5.82 Å². The van der Waals surface area contributed by atoms with Crippen molar-refractivity contribution in [2.45, 2.75) is 6.92 Å². The van der Waals surface area contributed by atoms with Crippen LogP contribution in [0.4, 0.5) is 21.5 Å². The summed E-state index contributed by atoms with van der Waals surface area (Å²) in [5.41, 5.74) is 3.11. The van der Waals surface area contributed by atoms with Crippen LogP contribution >= 0.6 is 0 Å². The lowest BCUT2D eigenvalue weighted by molar-refractivity contribution is 0.101. The second-order valence-corrected chi connectivity index (χ2v) is 7.57. The van der Waals surface area contributed by atoms with E-state index >= 15 is 0 Å². The molecule has 1 saturated heterocycles. The van der Waals surface area contributed by atoms with E-state index in [9.17, 15) is 14.0 Å². The smallest absolute Gasteiger partial charge is 0.255 e. The number of anilines is 3. The molecule has 3 aromatic rings. The minimum absolute atomic E-state index is 0.257. The highest BCUT2D eigenvalue weighted by molar-refractivity contribution is 6.07. The molecule has 2 amide bonds. The fourth-order valence-electron chi connectivity index (χ4n) is 3.53. The lowest BCUT2D eigenvalue weighted by Gasteiger charge is -2.29. The number of halogens is 1. The molecule has 0 aromatic heterocycles. The van der Waals surface area contributed by atoms with E-state index in [1.807, 2.05) is 17.9 Å². The molecule has 32 heavy (non-hydrogen) atoms. The lowest BCUT2D eigenvalue weighted by Crippen LogP contribution is -2.36. The van der Waals surface area contributed by atoms with E-state index in [1.165, 1.54) is 6.07 Å². The summed E-state index contributed by atoms with van der Waals surface area (Å²) in [4.78, 5) is 27.2. The Morgan fingerprint density at radius 1 is 0.875 bits per heavy atom. The van der Waals surface area contributed by atoms with Gasteiger partial charge >= 0.3 is 0 Å². The van der Waals surface area contributed by atoms with Gasteiger partial charge in [-0.2, -0.15) is 0 Å². The van der Waals surface area contributed by atoms with E-state index in [-0.39, 0.29) is 5.91 Å². The normalized spacial score (nSPS) is 13.5. The van der Waals surface area contributed by atoms with E-state index in [0.717, 1.165) is 5.56 Å². The molecule has 0 saturated carbocycles. The minimum atomic E-state index is -0.399. The van der Waals surface area contributed by atoms with Gasteiger partial charge in [-0.05, 0) is 55.0 Å². The number of nitrogens with one attached hydrogen (secondary N) is 2. The first kappa shape index (κ1) is 21.5. The summed E-state index contributed by atoms with van der Waals surface area (Å²) in [6.45, 7) is 4.23. The summed E-state index contributed by atoms with van der Waals surface area (Å²) in [7, 11) is 0. The molecule has 0 bridgehead atoms. The Morgan fingerprint density at radius 2 is 1.59 bits per heavy atom. The summed E-state index contributed by atoms with van der Waals surface area (Å²) in [6, 6.07) is 18.5. The van der Waals surface area contributed by atoms with Gasteiger partial charge in [0.05, 0.1) is 18.9 Å². The van der Waals surface area contributed by atoms with Gasteiger partial charge in [-0.25, -0.2) is 4.39 Å². The molecule has 0 spiro atoms. The van der Waals surface area contributed by atoms with Crippen molar-refractivity contribution in [1.82, 2.24) is 0 Å². The summed E-state index contributed by atoms with van der Waals surface area (Å²) in [5.74, 6) is -1.05. The van der Waals surface area contributed by atoms with E-state index in [2.05, 4.69) is 10.6 Å². The van der Waals surface area contributed by atoms with Gasteiger partial charge in [-0.15, -0.1) is 0 Å². The number of aryl methyl sites for hydroxylation is 1. The van der Waals surface area contributed by atoms with Crippen molar-refractivity contribution in [2.24, 2.45) is 0 Å². The van der Waals surface area contributed by atoms with Gasteiger partial charge in [0.25, 0.3) is 11.8 Å². The topological polar surface area (TPSA) is 70.7 Å². The number of benzene rings is 3. The molecule has 1 aliphatic heterocycles. The fraction of sp³-hybridized carbons (Fsp3) is 0.200. The zero-order valence-electron chi connectivity index (χ0n) is 17.7. The number of carbonyl (C=O) groups is 2. The standard InChI is InChI=1S/C25H24FN3O3/c1-17-7-8-19(15-22(17)28-24(30)18-5-3-2-4-6-18)25(31)27-20-9-10-23(21(26)16-20)29-11-13-32-14-12-29/h2-10,15-16H,11-14H2,1H3,(H,27,31)(H,28,30). The number of morpholine rings is 1. The number of hydrogen-bond donors (Lipinski definition) is 2. The van der Waals surface area contributed by atoms with Crippen LogP contribution in [-0.2, 0) is 4.74 Å². The molecule has 4 rings (SSSR count). The van der Waals surface area contributed by atoms with Crippen LogP contribution in [0, 0.1) is 12.7 Å². The summed E-state index contributed by atoms with van der Waals surface area (Å²) >= 11 is 0. The maximum atomic E-state index is 14.6. The minimum Gasteiger partial charge on any atom is -0.378 e. The Bertz CT molecular complexity index is 1130. The molecule has 164 valence electrons. The van der Waals surface area contributed by atoms with Gasteiger partial charge < -0.3 is 20.3 Å². The van der Waals surface area contributed by atoms with E-state index in [4.69, 9.17) is 4.74 Å². The van der Waals surface area contributed by atoms with Crippen LogP contribution in [0.2, 0.25) is 0 Å². The molecule has 1 fully saturated rings. The molecular weight excluding hydrogens is 409 g/mol. The van der Waals surface area contributed by atoms with Crippen molar-refractivity contribution in [3.8, 4) is 0 Å². The van der Waals surface area contributed by atoms with Crippen LogP contribution < -0.4 is 15.5 Å². The highest BCUT2D eigenvalue weighted by Gasteiger charge is 2.17. The molecule has 0 radical (unpaired) electrons. The molecule has 6 nitrogen and oxygen atoms in total. The number of hydrogen-bond acceptors (Lipinski definition) is 4. The molecule has 0 atom stereocenters. The zero-order chi connectivity index (χ0) is 22.5. The maximum Gasteiger partial charge on any atom is 0.255 e. The third kappa shape index (κ3) is 4.95. The number of amides is 2. The van der Waals surface area contributed by atoms with Crippen molar-refractivity contribution >= 4 is 28.9 Å². The molecule has 0 aliphatic carbocycles. The molecule has 0 unspecified atom stereocenters. The second-order valence-electron chi connectivity index (χ2n) is 7.57. The summed E-state index contributed by atoms with van der Waals surface area (Å²) in [6.07, 6.45) is 0. The Labute approximate surface area is 186 Å². The summed E-state index contributed by atoms with van der Waals surface area (Å²) in [5, 5.41) is 5.57. The molecule has 2 N–H and O–H groups in total. The Kier molecular flexibility index (Phi) is 6.47. The molecule has 1 heterocycles. The Hall–Kier alpha value is -3.71. The predicted molar refractivity (Wildman–Crippen MR) is 123 cm³/mol. The van der Waals surface area contributed by atoms with Gasteiger partial charge in [-0.1, -0.05) is 24.3 Å². The van der Waals surface area contributed by atoms with Crippen molar-refractivity contribution < 1.29 is 18.7 Å². The largest absolute Gasteiger partial charge is 0.378 e.